The first-order valence-corrected chi connectivity index (χ1v) is 7.74. The summed E-state index contributed by atoms with van der Waals surface area (Å²) in [5.41, 5.74) is 8.40. The van der Waals surface area contributed by atoms with Crippen molar-refractivity contribution >= 4 is 22.9 Å². The Morgan fingerprint density at radius 2 is 2.08 bits per heavy atom. The fourth-order valence-corrected chi connectivity index (χ4v) is 2.63. The van der Waals surface area contributed by atoms with Crippen LogP contribution in [-0.2, 0) is 6.54 Å². The largest absolute Gasteiger partial charge is 0.454 e. The summed E-state index contributed by atoms with van der Waals surface area (Å²) in [6.45, 7) is 4.96. The van der Waals surface area contributed by atoms with Gasteiger partial charge < -0.3 is 25.1 Å². The lowest BCUT2D eigenvalue weighted by Gasteiger charge is -2.10. The first-order chi connectivity index (χ1) is 11.6. The lowest BCUT2D eigenvalue weighted by atomic mass is 10.2. The van der Waals surface area contributed by atoms with Crippen LogP contribution in [0.4, 0.5) is 11.8 Å². The Hall–Kier alpha value is -3.03. The van der Waals surface area contributed by atoms with E-state index in [2.05, 4.69) is 34.1 Å². The van der Waals surface area contributed by atoms with E-state index in [4.69, 9.17) is 15.2 Å². The molecule has 0 bridgehead atoms. The van der Waals surface area contributed by atoms with Crippen LogP contribution in [0.5, 0.6) is 11.5 Å². The molecule has 0 aliphatic carbocycles. The van der Waals surface area contributed by atoms with Crippen LogP contribution < -0.4 is 20.5 Å². The fourth-order valence-electron chi connectivity index (χ4n) is 2.63. The number of imidazole rings is 1. The van der Waals surface area contributed by atoms with E-state index in [1.807, 2.05) is 22.8 Å². The molecule has 3 aromatic rings. The normalized spacial score (nSPS) is 13.0. The first kappa shape index (κ1) is 14.6. The van der Waals surface area contributed by atoms with Crippen LogP contribution in [0.15, 0.2) is 24.5 Å². The van der Waals surface area contributed by atoms with Crippen LogP contribution in [0.25, 0.3) is 11.2 Å². The molecule has 0 fully saturated rings. The van der Waals surface area contributed by atoms with E-state index in [1.165, 1.54) is 0 Å². The van der Waals surface area contributed by atoms with Crippen molar-refractivity contribution in [2.45, 2.75) is 26.4 Å². The van der Waals surface area contributed by atoms with Gasteiger partial charge in [0.05, 0.1) is 6.33 Å². The van der Waals surface area contributed by atoms with E-state index in [0.29, 0.717) is 23.8 Å². The number of nitrogens with two attached hydrogens (primary N) is 1. The molecule has 8 nitrogen and oxygen atoms in total. The Morgan fingerprint density at radius 1 is 1.25 bits per heavy atom. The van der Waals surface area contributed by atoms with Crippen LogP contribution in [0.1, 0.15) is 25.5 Å². The highest BCUT2D eigenvalue weighted by Crippen LogP contribution is 2.32. The summed E-state index contributed by atoms with van der Waals surface area (Å²) in [5, 5.41) is 3.20. The van der Waals surface area contributed by atoms with E-state index in [0.717, 1.165) is 22.7 Å². The molecule has 0 amide bonds. The standard InChI is InChI=1S/C16H18N6O2/c1-9(2)22-7-19-13-14(17)20-16(21-15(13)22)18-6-10-3-4-11-12(5-10)24-8-23-11/h3-5,7,9H,6,8H2,1-2H3,(H3,17,18,20,21). The average Bonchev–Trinajstić information content (AvgIpc) is 3.19. The van der Waals surface area contributed by atoms with Gasteiger partial charge in [0.15, 0.2) is 23.0 Å². The van der Waals surface area contributed by atoms with Gasteiger partial charge >= 0.3 is 0 Å². The van der Waals surface area contributed by atoms with Crippen LogP contribution in [0.2, 0.25) is 0 Å². The van der Waals surface area contributed by atoms with Gasteiger partial charge in [-0.1, -0.05) is 6.07 Å². The number of hydrogen-bond acceptors (Lipinski definition) is 7. The van der Waals surface area contributed by atoms with Crippen molar-refractivity contribution in [1.29, 1.82) is 0 Å². The zero-order valence-electron chi connectivity index (χ0n) is 13.5. The minimum absolute atomic E-state index is 0.242. The van der Waals surface area contributed by atoms with Gasteiger partial charge in [-0.15, -0.1) is 0 Å². The van der Waals surface area contributed by atoms with Gasteiger partial charge in [-0.25, -0.2) is 4.98 Å². The van der Waals surface area contributed by atoms with E-state index in [9.17, 15) is 0 Å². The molecule has 1 aliphatic heterocycles. The van der Waals surface area contributed by atoms with Crippen LogP contribution in [-0.4, -0.2) is 26.3 Å². The highest BCUT2D eigenvalue weighted by atomic mass is 16.7. The second-order valence-corrected chi connectivity index (χ2v) is 5.89. The second kappa shape index (κ2) is 5.55. The van der Waals surface area contributed by atoms with Crippen molar-refractivity contribution in [1.82, 2.24) is 19.5 Å². The topological polar surface area (TPSA) is 100 Å². The number of ether oxygens (including phenoxy) is 2. The minimum Gasteiger partial charge on any atom is -0.454 e. The van der Waals surface area contributed by atoms with Gasteiger partial charge in [0.2, 0.25) is 12.7 Å². The molecule has 0 saturated heterocycles. The Morgan fingerprint density at radius 3 is 2.92 bits per heavy atom. The summed E-state index contributed by atoms with van der Waals surface area (Å²) in [6.07, 6.45) is 1.74. The molecule has 0 spiro atoms. The maximum absolute atomic E-state index is 6.01. The van der Waals surface area contributed by atoms with Gasteiger partial charge in [0, 0.05) is 12.6 Å². The SMILES string of the molecule is CC(C)n1cnc2c(N)nc(NCc3ccc4c(c3)OCO4)nc21. The maximum Gasteiger partial charge on any atom is 0.231 e. The number of nitrogen functional groups attached to an aromatic ring is 1. The number of nitrogens with zero attached hydrogens (tertiary/aromatic N) is 4. The van der Waals surface area contributed by atoms with Gasteiger partial charge in [0.1, 0.15) is 5.52 Å². The number of nitrogens with one attached hydrogen (secondary N) is 1. The quantitative estimate of drug-likeness (QED) is 0.759. The predicted octanol–water partition coefficient (Wildman–Crippen LogP) is 2.33. The van der Waals surface area contributed by atoms with Gasteiger partial charge in [0.25, 0.3) is 0 Å². The lowest BCUT2D eigenvalue weighted by Crippen LogP contribution is -2.08. The first-order valence-electron chi connectivity index (χ1n) is 7.74. The van der Waals surface area contributed by atoms with Crippen LogP contribution >= 0.6 is 0 Å². The van der Waals surface area contributed by atoms with E-state index in [1.54, 1.807) is 6.33 Å². The monoisotopic (exact) mass is 326 g/mol. The van der Waals surface area contributed by atoms with Crippen LogP contribution in [0, 0.1) is 0 Å². The molecule has 1 aromatic carbocycles. The zero-order valence-corrected chi connectivity index (χ0v) is 13.5. The van der Waals surface area contributed by atoms with Gasteiger partial charge in [-0.05, 0) is 31.5 Å². The molecule has 1 aliphatic rings. The lowest BCUT2D eigenvalue weighted by molar-refractivity contribution is 0.174. The summed E-state index contributed by atoms with van der Waals surface area (Å²) in [6, 6.07) is 6.05. The predicted molar refractivity (Wildman–Crippen MR) is 90.0 cm³/mol. The van der Waals surface area contributed by atoms with Crippen molar-refractivity contribution in [2.24, 2.45) is 0 Å². The molecule has 0 saturated carbocycles. The molecule has 24 heavy (non-hydrogen) atoms. The molecular weight excluding hydrogens is 308 g/mol. The number of benzene rings is 1. The maximum atomic E-state index is 6.01. The Kier molecular flexibility index (Phi) is 3.37. The highest BCUT2D eigenvalue weighted by molar-refractivity contribution is 5.82. The molecule has 0 unspecified atom stereocenters. The second-order valence-electron chi connectivity index (χ2n) is 5.89. The smallest absolute Gasteiger partial charge is 0.231 e. The molecule has 124 valence electrons. The molecule has 4 rings (SSSR count). The molecular formula is C16H18N6O2. The third-order valence-corrected chi connectivity index (χ3v) is 3.89. The third kappa shape index (κ3) is 2.45. The number of fused-ring (bicyclic) bond motifs is 2. The summed E-state index contributed by atoms with van der Waals surface area (Å²) >= 11 is 0. The number of rotatable bonds is 4. The van der Waals surface area contributed by atoms with Crippen molar-refractivity contribution < 1.29 is 9.47 Å². The molecule has 8 heteroatoms. The number of aromatic nitrogens is 4. The van der Waals surface area contributed by atoms with E-state index < -0.39 is 0 Å². The van der Waals surface area contributed by atoms with Crippen molar-refractivity contribution in [3.8, 4) is 11.5 Å². The Bertz CT molecular complexity index is 905. The summed E-state index contributed by atoms with van der Waals surface area (Å²) in [7, 11) is 0. The molecule has 2 aromatic heterocycles. The zero-order chi connectivity index (χ0) is 16.7. The Labute approximate surface area is 138 Å². The van der Waals surface area contributed by atoms with Crippen molar-refractivity contribution in [3.05, 3.63) is 30.1 Å². The summed E-state index contributed by atoms with van der Waals surface area (Å²) in [5.74, 6) is 2.36. The van der Waals surface area contributed by atoms with Crippen molar-refractivity contribution in [3.63, 3.8) is 0 Å². The third-order valence-electron chi connectivity index (χ3n) is 3.89. The average molecular weight is 326 g/mol. The van der Waals surface area contributed by atoms with E-state index >= 15 is 0 Å². The fraction of sp³-hybridized carbons (Fsp3) is 0.312. The highest BCUT2D eigenvalue weighted by Gasteiger charge is 2.15. The molecule has 0 radical (unpaired) electrons. The van der Waals surface area contributed by atoms with E-state index in [-0.39, 0.29) is 12.8 Å². The van der Waals surface area contributed by atoms with Gasteiger partial charge in [-0.3, -0.25) is 0 Å². The minimum atomic E-state index is 0.242. The van der Waals surface area contributed by atoms with Crippen LogP contribution in [0.3, 0.4) is 0 Å². The van der Waals surface area contributed by atoms with Gasteiger partial charge in [-0.2, -0.15) is 9.97 Å². The summed E-state index contributed by atoms with van der Waals surface area (Å²) < 4.78 is 12.7. The van der Waals surface area contributed by atoms with Crippen molar-refractivity contribution in [2.75, 3.05) is 17.8 Å². The number of hydrogen-bond donors (Lipinski definition) is 2. The number of anilines is 2. The molecule has 3 N–H and O–H groups in total. The Balaban J connectivity index is 1.59. The molecule has 0 atom stereocenters. The summed E-state index contributed by atoms with van der Waals surface area (Å²) in [4.78, 5) is 13.1. The molecule has 3 heterocycles.